The number of carbonyl (C=O) groups excluding carboxylic acids is 9. The van der Waals surface area contributed by atoms with E-state index < -0.39 is 136 Å². The number of nitrogens with one attached hydrogen (secondary N) is 9. The Kier molecular flexibility index (Phi) is 32.7. The summed E-state index contributed by atoms with van der Waals surface area (Å²) in [6, 6.07) is 20.8. The van der Waals surface area contributed by atoms with Crippen molar-refractivity contribution < 1.29 is 75.9 Å². The summed E-state index contributed by atoms with van der Waals surface area (Å²) in [5.74, 6) is -9.96. The highest BCUT2D eigenvalue weighted by Crippen LogP contribution is 2.29. The number of anilines is 2. The van der Waals surface area contributed by atoms with Gasteiger partial charge >= 0.3 is 11.9 Å². The predicted octanol–water partition coefficient (Wildman–Crippen LogP) is 3.02. The van der Waals surface area contributed by atoms with Crippen LogP contribution in [0.15, 0.2) is 135 Å². The van der Waals surface area contributed by atoms with Crippen LogP contribution in [0.2, 0.25) is 0 Å². The molecule has 1 aliphatic heterocycles. The summed E-state index contributed by atoms with van der Waals surface area (Å²) >= 11 is 0. The maximum atomic E-state index is 14.4. The number of benzene rings is 5. The number of aliphatic carboxylic acids is 2. The molecule has 1 saturated heterocycles. The number of nitrogens with two attached hydrogens (primary N) is 3. The number of carbonyl (C=O) groups is 11. The minimum absolute atomic E-state index is 0.0229. The molecule has 106 heavy (non-hydrogen) atoms. The van der Waals surface area contributed by atoms with E-state index in [9.17, 15) is 75.9 Å². The van der Waals surface area contributed by atoms with Gasteiger partial charge in [-0.05, 0) is 143 Å². The second kappa shape index (κ2) is 41.4. The van der Waals surface area contributed by atoms with Gasteiger partial charge in [0.2, 0.25) is 47.3 Å². The first kappa shape index (κ1) is 83.8. The van der Waals surface area contributed by atoms with Crippen LogP contribution in [0.4, 0.5) is 22.7 Å². The molecule has 9 amide bonds. The minimum atomic E-state index is -4.49. The lowest BCUT2D eigenvalue weighted by Gasteiger charge is -2.29. The van der Waals surface area contributed by atoms with Gasteiger partial charge in [-0.3, -0.25) is 57.5 Å². The Morgan fingerprint density at radius 3 is 1.83 bits per heavy atom. The second-order valence-corrected chi connectivity index (χ2v) is 27.6. The van der Waals surface area contributed by atoms with Crippen LogP contribution in [-0.4, -0.2) is 194 Å². The van der Waals surface area contributed by atoms with E-state index in [0.717, 1.165) is 5.69 Å². The van der Waals surface area contributed by atoms with Crippen LogP contribution in [0.25, 0.3) is 10.8 Å². The first-order valence-corrected chi connectivity index (χ1v) is 36.3. The van der Waals surface area contributed by atoms with E-state index in [1.807, 2.05) is 43.3 Å². The third kappa shape index (κ3) is 27.2. The molecule has 8 atom stereocenters. The molecule has 0 radical (unpaired) electrons. The highest BCUT2D eigenvalue weighted by atomic mass is 32.2. The lowest BCUT2D eigenvalue weighted by molar-refractivity contribution is -0.142. The maximum absolute atomic E-state index is 14.4. The smallest absolute Gasteiger partial charge is 0.326 e. The van der Waals surface area contributed by atoms with Crippen LogP contribution >= 0.6 is 0 Å². The fraction of sp³-hybridized carbons (Fsp3) is 0.444. The molecule has 0 spiro atoms. The van der Waals surface area contributed by atoms with E-state index in [1.54, 1.807) is 92.7 Å². The van der Waals surface area contributed by atoms with Gasteiger partial charge in [0.05, 0.1) is 17.4 Å². The Morgan fingerprint density at radius 2 is 1.20 bits per heavy atom. The van der Waals surface area contributed by atoms with Gasteiger partial charge in [-0.2, -0.15) is 18.6 Å². The number of carboxylic acids is 2. The summed E-state index contributed by atoms with van der Waals surface area (Å²) in [6.07, 6.45) is -0.501. The van der Waals surface area contributed by atoms with Crippen LogP contribution in [0.3, 0.4) is 0 Å². The number of unbranched alkanes of at least 4 members (excludes halogenated alkanes) is 1. The average molecular weight is 1490 g/mol. The van der Waals surface area contributed by atoms with Gasteiger partial charge in [-0.15, -0.1) is 0 Å². The summed E-state index contributed by atoms with van der Waals surface area (Å²) in [5.41, 5.74) is 21.0. The lowest BCUT2D eigenvalue weighted by atomic mass is 10.00. The molecule has 0 unspecified atom stereocenters. The summed E-state index contributed by atoms with van der Waals surface area (Å²) < 4.78 is 33.6. The van der Waals surface area contributed by atoms with Crippen LogP contribution in [0.5, 0.6) is 0 Å². The van der Waals surface area contributed by atoms with E-state index >= 15 is 0 Å². The molecule has 5 aromatic rings. The van der Waals surface area contributed by atoms with Crippen LogP contribution < -0.4 is 70.0 Å². The number of hydrogen-bond donors (Lipinski definition) is 15. The number of guanidine groups is 1. The minimum Gasteiger partial charge on any atom is -0.481 e. The van der Waals surface area contributed by atoms with Gasteiger partial charge in [0.1, 0.15) is 47.2 Å². The number of nitrogens with zero attached hydrogens (tertiary/aromatic N) is 5. The van der Waals surface area contributed by atoms with Crippen molar-refractivity contribution in [2.75, 3.05) is 57.0 Å². The summed E-state index contributed by atoms with van der Waals surface area (Å²) in [7, 11) is -0.634. The molecular weight excluding hydrogens is 1390 g/mol. The standard InChI is InChI=1S/C72H97N17O16S/c1-43(2)41-57(85-69(99)59-22-14-40-89(59)70(100)52(73)32-34-61(90)77-39-38-76-53-20-11-18-51-50(53)17-12-23-60(51)106(103,104)105)68(98)84-58(42-45-15-7-6-8-16-45)67(97)80-44(3)63(93)81-55(33-35-62(91)92)66(96)82-54(21-13-37-79-72(74)75)65(95)83-56(71(101)102)19-9-10-36-78-64(94)46-24-26-47(27-25-46)86-87-48-28-30-49(31-29-48)88(4)5/h6-8,11-12,15-18,20,23-31,43-44,52,54-59,76H,9-10,13-14,19,21-22,32-42,73H2,1-5H3,(H,77,90)(H,78,94)(H,80,97)(H,81,93)(H,82,96)(H,83,95)(H,84,98)(H,85,99)(H,91,92)(H,101,102)(H4,74,75,79)(H,103,104,105)/t44-,52-,54-,55-,56-,57-,58-,59-/m0/s1. The normalized spacial score (nSPS) is 14.8. The zero-order valence-electron chi connectivity index (χ0n) is 59.9. The third-order valence-electron chi connectivity index (χ3n) is 17.2. The first-order chi connectivity index (χ1) is 50.4. The molecule has 34 heteroatoms. The van der Waals surface area contributed by atoms with Gasteiger partial charge in [-0.25, -0.2) is 4.79 Å². The lowest BCUT2D eigenvalue weighted by Crippen LogP contribution is -2.60. The number of hydrogen-bond acceptors (Lipinski definition) is 19. The van der Waals surface area contributed by atoms with Crippen molar-refractivity contribution >= 4 is 115 Å². The van der Waals surface area contributed by atoms with Crippen LogP contribution in [0, 0.1) is 5.92 Å². The van der Waals surface area contributed by atoms with Crippen molar-refractivity contribution in [3.8, 4) is 0 Å². The molecule has 1 aliphatic rings. The molecule has 6 rings (SSSR count). The number of carboxylic acid groups (broad SMARTS) is 2. The van der Waals surface area contributed by atoms with Crippen molar-refractivity contribution in [1.82, 2.24) is 47.4 Å². The first-order valence-electron chi connectivity index (χ1n) is 34.9. The monoisotopic (exact) mass is 1490 g/mol. The highest BCUT2D eigenvalue weighted by molar-refractivity contribution is 7.86. The van der Waals surface area contributed by atoms with Crippen molar-refractivity contribution in [3.05, 3.63) is 126 Å². The van der Waals surface area contributed by atoms with Gasteiger partial charge < -0.3 is 85.1 Å². The number of rotatable bonds is 42. The largest absolute Gasteiger partial charge is 0.481 e. The Labute approximate surface area is 614 Å². The zero-order chi connectivity index (χ0) is 77.6. The molecule has 0 saturated carbocycles. The summed E-state index contributed by atoms with van der Waals surface area (Å²) in [6.45, 7) is 5.53. The second-order valence-electron chi connectivity index (χ2n) is 26.2. The zero-order valence-corrected chi connectivity index (χ0v) is 60.7. The van der Waals surface area contributed by atoms with E-state index in [0.29, 0.717) is 51.8 Å². The molecule has 5 aromatic carbocycles. The number of azo groups is 1. The van der Waals surface area contributed by atoms with Gasteiger partial charge in [0.15, 0.2) is 5.96 Å². The van der Waals surface area contributed by atoms with E-state index in [-0.39, 0.29) is 107 Å². The fourth-order valence-corrected chi connectivity index (χ4v) is 12.3. The average Bonchev–Trinajstić information content (AvgIpc) is 0.894. The molecule has 18 N–H and O–H groups in total. The van der Waals surface area contributed by atoms with Crippen LogP contribution in [0.1, 0.15) is 114 Å². The predicted molar refractivity (Wildman–Crippen MR) is 396 cm³/mol. The van der Waals surface area contributed by atoms with Crippen molar-refractivity contribution in [2.45, 2.75) is 157 Å². The molecule has 33 nitrogen and oxygen atoms in total. The Hall–Kier alpha value is -11.1. The van der Waals surface area contributed by atoms with Crippen molar-refractivity contribution in [2.24, 2.45) is 38.3 Å². The number of aliphatic imine (C=N–C) groups is 1. The van der Waals surface area contributed by atoms with Crippen molar-refractivity contribution in [1.29, 1.82) is 0 Å². The quantitative estimate of drug-likeness (QED) is 0.00877. The molecular formula is C72H97N17O16S. The molecule has 0 aliphatic carbocycles. The number of amides is 9. The summed E-state index contributed by atoms with van der Waals surface area (Å²) in [4.78, 5) is 156. The molecule has 0 bridgehead atoms. The molecule has 1 fully saturated rings. The number of fused-ring (bicyclic) bond motifs is 1. The third-order valence-corrected chi connectivity index (χ3v) is 18.1. The van der Waals surface area contributed by atoms with Crippen LogP contribution in [-0.2, 0) is 64.5 Å². The molecule has 1 heterocycles. The SMILES string of the molecule is CC(C)C[C@H](NC(=O)[C@@H]1CCCN1C(=O)[C@@H](N)CCC(=O)NCCNc1cccc2c(S(=O)(=O)O)cccc12)C(=O)N[C@@H](Cc1ccccc1)C(=O)N[C@@H](C)C(=O)N[C@@H](CCC(=O)O)C(=O)N[C@@H](CCCN=C(N)N)C(=O)N[C@@H](CCCCNC(=O)c1ccc(N=Nc2ccc(N(C)C)cc2)cc1)C(=O)O. The van der Waals surface area contributed by atoms with Crippen molar-refractivity contribution in [3.63, 3.8) is 0 Å². The van der Waals surface area contributed by atoms with E-state index in [4.69, 9.17) is 17.2 Å². The Bertz CT molecular complexity index is 4050. The fourth-order valence-electron chi connectivity index (χ4n) is 11.6. The van der Waals surface area contributed by atoms with Gasteiger partial charge in [-0.1, -0.05) is 68.4 Å². The molecule has 572 valence electrons. The Morgan fingerprint density at radius 1 is 0.604 bits per heavy atom. The van der Waals surface area contributed by atoms with E-state index in [1.165, 1.54) is 24.0 Å². The summed E-state index contributed by atoms with van der Waals surface area (Å²) in [5, 5.41) is 53.3. The highest BCUT2D eigenvalue weighted by Gasteiger charge is 2.39. The topological polar surface area (TPSA) is 512 Å². The van der Waals surface area contributed by atoms with E-state index in [2.05, 4.69) is 63.1 Å². The maximum Gasteiger partial charge on any atom is 0.326 e. The number of likely N-dealkylation sites (tertiary alicyclic amines) is 1. The Balaban J connectivity index is 1.03. The van der Waals surface area contributed by atoms with Gasteiger partial charge in [0, 0.05) is 93.8 Å². The molecule has 0 aromatic heterocycles. The van der Waals surface area contributed by atoms with Gasteiger partial charge in [0.25, 0.3) is 16.0 Å².